The Morgan fingerprint density at radius 1 is 1.14 bits per heavy atom. The largest absolute Gasteiger partial charge is 0.478 e. The number of hydrogen-bond acceptors (Lipinski definition) is 4. The maximum Gasteiger partial charge on any atom is 0.335 e. The molecule has 0 fully saturated rings. The third-order valence-corrected chi connectivity index (χ3v) is 3.99. The molecule has 0 saturated heterocycles. The predicted octanol–water partition coefficient (Wildman–Crippen LogP) is 2.89. The van der Waals surface area contributed by atoms with Gasteiger partial charge in [-0.15, -0.1) is 0 Å². The number of ether oxygens (including phenoxy) is 1. The fourth-order valence-electron chi connectivity index (χ4n) is 1.79. The minimum absolute atomic E-state index is 0.166. The van der Waals surface area contributed by atoms with E-state index < -0.39 is 15.8 Å². The lowest BCUT2D eigenvalue weighted by molar-refractivity contribution is 0.0696. The van der Waals surface area contributed by atoms with Gasteiger partial charge in [-0.2, -0.15) is 0 Å². The van der Waals surface area contributed by atoms with E-state index in [1.54, 1.807) is 25.1 Å². The van der Waals surface area contributed by atoms with Crippen LogP contribution in [0.2, 0.25) is 0 Å². The van der Waals surface area contributed by atoms with Crippen LogP contribution in [0.3, 0.4) is 0 Å². The third kappa shape index (κ3) is 3.61. The highest BCUT2D eigenvalue weighted by Gasteiger charge is 2.10. The molecule has 1 N–H and O–H groups in total. The zero-order valence-electron chi connectivity index (χ0n) is 11.5. The Morgan fingerprint density at radius 2 is 1.86 bits per heavy atom. The van der Waals surface area contributed by atoms with Crippen LogP contribution in [0.5, 0.6) is 11.5 Å². The SMILES string of the molecule is Cc1cc(C(=O)O)ccc1Oc1cccc(S(C)(=O)=O)c1. The van der Waals surface area contributed by atoms with Crippen molar-refractivity contribution in [1.82, 2.24) is 0 Å². The first-order valence-electron chi connectivity index (χ1n) is 6.09. The van der Waals surface area contributed by atoms with E-state index in [-0.39, 0.29) is 10.5 Å². The molecule has 0 heterocycles. The lowest BCUT2D eigenvalue weighted by Gasteiger charge is -2.10. The highest BCUT2D eigenvalue weighted by atomic mass is 32.2. The van der Waals surface area contributed by atoms with Crippen LogP contribution in [0.1, 0.15) is 15.9 Å². The first kappa shape index (κ1) is 15.1. The number of carbonyl (C=O) groups is 1. The van der Waals surface area contributed by atoms with Crippen LogP contribution in [-0.4, -0.2) is 25.7 Å². The van der Waals surface area contributed by atoms with Gasteiger partial charge in [0.15, 0.2) is 9.84 Å². The van der Waals surface area contributed by atoms with Gasteiger partial charge in [0.05, 0.1) is 10.5 Å². The van der Waals surface area contributed by atoms with Crippen molar-refractivity contribution in [2.24, 2.45) is 0 Å². The molecule has 0 bridgehead atoms. The van der Waals surface area contributed by atoms with Gasteiger partial charge in [-0.3, -0.25) is 0 Å². The molecular weight excluding hydrogens is 292 g/mol. The summed E-state index contributed by atoms with van der Waals surface area (Å²) >= 11 is 0. The Labute approximate surface area is 122 Å². The van der Waals surface area contributed by atoms with Crippen LogP contribution in [0.25, 0.3) is 0 Å². The van der Waals surface area contributed by atoms with Crippen LogP contribution >= 0.6 is 0 Å². The molecule has 110 valence electrons. The van der Waals surface area contributed by atoms with Crippen LogP contribution < -0.4 is 4.74 Å². The smallest absolute Gasteiger partial charge is 0.335 e. The van der Waals surface area contributed by atoms with Crippen LogP contribution in [-0.2, 0) is 9.84 Å². The monoisotopic (exact) mass is 306 g/mol. The second-order valence-electron chi connectivity index (χ2n) is 4.63. The number of benzene rings is 2. The number of rotatable bonds is 4. The van der Waals surface area contributed by atoms with Crippen molar-refractivity contribution in [3.8, 4) is 11.5 Å². The first-order valence-corrected chi connectivity index (χ1v) is 7.98. The average Bonchev–Trinajstić information content (AvgIpc) is 2.40. The number of carboxylic acids is 1. The summed E-state index contributed by atoms with van der Waals surface area (Å²) in [7, 11) is -3.30. The third-order valence-electron chi connectivity index (χ3n) is 2.88. The van der Waals surface area contributed by atoms with E-state index in [1.165, 1.54) is 24.3 Å². The highest BCUT2D eigenvalue weighted by Crippen LogP contribution is 2.27. The fourth-order valence-corrected chi connectivity index (χ4v) is 2.45. The zero-order chi connectivity index (χ0) is 15.6. The van der Waals surface area contributed by atoms with E-state index in [4.69, 9.17) is 9.84 Å². The molecule has 0 atom stereocenters. The van der Waals surface area contributed by atoms with Crippen molar-refractivity contribution in [1.29, 1.82) is 0 Å². The van der Waals surface area contributed by atoms with Gasteiger partial charge in [-0.25, -0.2) is 13.2 Å². The predicted molar refractivity (Wildman–Crippen MR) is 77.8 cm³/mol. The Balaban J connectivity index is 2.33. The summed E-state index contributed by atoms with van der Waals surface area (Å²) in [6, 6.07) is 10.6. The number of hydrogen-bond donors (Lipinski definition) is 1. The molecule has 2 aromatic carbocycles. The Hall–Kier alpha value is -2.34. The number of carboxylic acid groups (broad SMARTS) is 1. The maximum atomic E-state index is 11.5. The summed E-state index contributed by atoms with van der Waals surface area (Å²) in [4.78, 5) is 11.0. The molecule has 0 amide bonds. The van der Waals surface area contributed by atoms with Gasteiger partial charge in [0.2, 0.25) is 0 Å². The number of aromatic carboxylic acids is 1. The van der Waals surface area contributed by atoms with Crippen molar-refractivity contribution >= 4 is 15.8 Å². The number of aryl methyl sites for hydroxylation is 1. The second kappa shape index (κ2) is 5.57. The summed E-state index contributed by atoms with van der Waals surface area (Å²) in [5, 5.41) is 8.91. The van der Waals surface area contributed by atoms with E-state index in [2.05, 4.69) is 0 Å². The van der Waals surface area contributed by atoms with E-state index in [9.17, 15) is 13.2 Å². The molecule has 0 aliphatic heterocycles. The molecule has 0 unspecified atom stereocenters. The van der Waals surface area contributed by atoms with Crippen molar-refractivity contribution in [3.63, 3.8) is 0 Å². The fraction of sp³-hybridized carbons (Fsp3) is 0.133. The Morgan fingerprint density at radius 3 is 2.43 bits per heavy atom. The molecule has 21 heavy (non-hydrogen) atoms. The zero-order valence-corrected chi connectivity index (χ0v) is 12.3. The summed E-state index contributed by atoms with van der Waals surface area (Å²) in [5.41, 5.74) is 0.824. The van der Waals surface area contributed by atoms with Gasteiger partial charge < -0.3 is 9.84 Å². The minimum Gasteiger partial charge on any atom is -0.478 e. The van der Waals surface area contributed by atoms with Crippen LogP contribution in [0, 0.1) is 6.92 Å². The molecule has 0 radical (unpaired) electrons. The summed E-state index contributed by atoms with van der Waals surface area (Å²) in [6.45, 7) is 1.72. The second-order valence-corrected chi connectivity index (χ2v) is 6.65. The molecule has 5 nitrogen and oxygen atoms in total. The molecule has 6 heteroatoms. The molecule has 2 rings (SSSR count). The normalized spacial score (nSPS) is 11.1. The number of sulfone groups is 1. The van der Waals surface area contributed by atoms with E-state index in [0.717, 1.165) is 6.26 Å². The standard InChI is InChI=1S/C15H14O5S/c1-10-8-11(15(16)17)6-7-14(10)20-12-4-3-5-13(9-12)21(2,18)19/h3-9H,1-2H3,(H,16,17). The van der Waals surface area contributed by atoms with Gasteiger partial charge in [0.1, 0.15) is 11.5 Å². The van der Waals surface area contributed by atoms with Gasteiger partial charge in [0, 0.05) is 6.26 Å². The van der Waals surface area contributed by atoms with E-state index in [0.29, 0.717) is 17.1 Å². The molecule has 0 spiro atoms. The topological polar surface area (TPSA) is 80.7 Å². The van der Waals surface area contributed by atoms with Gasteiger partial charge in [-0.05, 0) is 48.9 Å². The van der Waals surface area contributed by atoms with Gasteiger partial charge in [-0.1, -0.05) is 6.07 Å². The summed E-state index contributed by atoms with van der Waals surface area (Å²) < 4.78 is 28.6. The van der Waals surface area contributed by atoms with Crippen molar-refractivity contribution in [2.75, 3.05) is 6.26 Å². The lowest BCUT2D eigenvalue weighted by atomic mass is 10.1. The van der Waals surface area contributed by atoms with Crippen molar-refractivity contribution < 1.29 is 23.1 Å². The molecular formula is C15H14O5S. The quantitative estimate of drug-likeness (QED) is 0.939. The van der Waals surface area contributed by atoms with E-state index in [1.807, 2.05) is 0 Å². The summed E-state index contributed by atoms with van der Waals surface area (Å²) in [5.74, 6) is -0.154. The Kier molecular flexibility index (Phi) is 3.99. The molecule has 0 aromatic heterocycles. The van der Waals surface area contributed by atoms with E-state index >= 15 is 0 Å². The van der Waals surface area contributed by atoms with Crippen LogP contribution in [0.4, 0.5) is 0 Å². The highest BCUT2D eigenvalue weighted by molar-refractivity contribution is 7.90. The lowest BCUT2D eigenvalue weighted by Crippen LogP contribution is -1.99. The van der Waals surface area contributed by atoms with Crippen molar-refractivity contribution in [2.45, 2.75) is 11.8 Å². The first-order chi connectivity index (χ1) is 9.77. The Bertz CT molecular complexity index is 793. The molecule has 2 aromatic rings. The molecule has 0 saturated carbocycles. The molecule has 0 aliphatic rings. The van der Waals surface area contributed by atoms with Crippen LogP contribution in [0.15, 0.2) is 47.4 Å². The van der Waals surface area contributed by atoms with Gasteiger partial charge >= 0.3 is 5.97 Å². The summed E-state index contributed by atoms with van der Waals surface area (Å²) in [6.07, 6.45) is 1.12. The van der Waals surface area contributed by atoms with Crippen molar-refractivity contribution in [3.05, 3.63) is 53.6 Å². The molecule has 0 aliphatic carbocycles. The minimum atomic E-state index is -3.30. The van der Waals surface area contributed by atoms with Gasteiger partial charge in [0.25, 0.3) is 0 Å². The maximum absolute atomic E-state index is 11.5. The average molecular weight is 306 g/mol.